The van der Waals surface area contributed by atoms with E-state index in [2.05, 4.69) is 31.2 Å². The van der Waals surface area contributed by atoms with E-state index in [1.807, 2.05) is 30.3 Å². The molecule has 0 fully saturated rings. The second-order valence-corrected chi connectivity index (χ2v) is 4.89. The number of aromatic nitrogens is 2. The van der Waals surface area contributed by atoms with Gasteiger partial charge in [-0.2, -0.15) is 0 Å². The Hall–Kier alpha value is -2.14. The highest BCUT2D eigenvalue weighted by Gasteiger charge is 2.13. The second kappa shape index (κ2) is 4.85. The van der Waals surface area contributed by atoms with E-state index in [0.717, 1.165) is 15.4 Å². The average molecular weight is 316 g/mol. The average Bonchev–Trinajstić information content (AvgIpc) is 2.85. The van der Waals surface area contributed by atoms with E-state index in [1.54, 1.807) is 18.5 Å². The van der Waals surface area contributed by atoms with Crippen LogP contribution in [-0.4, -0.2) is 15.9 Å². The number of nitrogens with zero attached hydrogens (tertiary/aromatic N) is 1. The van der Waals surface area contributed by atoms with Crippen molar-refractivity contribution in [1.29, 1.82) is 0 Å². The van der Waals surface area contributed by atoms with Crippen LogP contribution >= 0.6 is 15.9 Å². The van der Waals surface area contributed by atoms with E-state index in [9.17, 15) is 4.79 Å². The number of aromatic amines is 1. The van der Waals surface area contributed by atoms with Gasteiger partial charge in [0.2, 0.25) is 0 Å². The Morgan fingerprint density at radius 2 is 2.05 bits per heavy atom. The van der Waals surface area contributed by atoms with E-state index < -0.39 is 0 Å². The minimum atomic E-state index is -0.183. The molecule has 0 aliphatic rings. The molecular weight excluding hydrogens is 306 g/mol. The molecule has 1 aromatic carbocycles. The molecular formula is C14H10BrN3O. The van der Waals surface area contributed by atoms with E-state index in [0.29, 0.717) is 11.4 Å². The highest BCUT2D eigenvalue weighted by Crippen LogP contribution is 2.22. The lowest BCUT2D eigenvalue weighted by molar-refractivity contribution is 0.102. The zero-order chi connectivity index (χ0) is 13.2. The van der Waals surface area contributed by atoms with Crippen molar-refractivity contribution in [2.45, 2.75) is 0 Å². The quantitative estimate of drug-likeness (QED) is 0.759. The van der Waals surface area contributed by atoms with Gasteiger partial charge in [0.15, 0.2) is 0 Å². The summed E-state index contributed by atoms with van der Waals surface area (Å²) in [6, 6.07) is 11.3. The van der Waals surface area contributed by atoms with Gasteiger partial charge in [0.25, 0.3) is 5.91 Å². The molecule has 0 saturated carbocycles. The lowest BCUT2D eigenvalue weighted by Gasteiger charge is -2.05. The van der Waals surface area contributed by atoms with Crippen LogP contribution in [0.2, 0.25) is 0 Å². The maximum absolute atomic E-state index is 12.2. The van der Waals surface area contributed by atoms with Gasteiger partial charge in [-0.05, 0) is 34.1 Å². The number of rotatable bonds is 2. The third kappa shape index (κ3) is 2.24. The van der Waals surface area contributed by atoms with Crippen LogP contribution < -0.4 is 5.32 Å². The molecule has 3 aromatic rings. The van der Waals surface area contributed by atoms with E-state index >= 15 is 0 Å². The Morgan fingerprint density at radius 1 is 1.21 bits per heavy atom. The van der Waals surface area contributed by atoms with E-state index in [4.69, 9.17) is 0 Å². The normalized spacial score (nSPS) is 10.6. The number of hydrogen-bond donors (Lipinski definition) is 2. The predicted molar refractivity (Wildman–Crippen MR) is 78.2 cm³/mol. The smallest absolute Gasteiger partial charge is 0.259 e. The maximum atomic E-state index is 12.2. The van der Waals surface area contributed by atoms with E-state index in [-0.39, 0.29) is 5.91 Å². The fourth-order valence-electron chi connectivity index (χ4n) is 1.91. The van der Waals surface area contributed by atoms with Crippen LogP contribution in [0.25, 0.3) is 10.9 Å². The molecule has 4 nitrogen and oxygen atoms in total. The Labute approximate surface area is 118 Å². The first-order chi connectivity index (χ1) is 9.25. The third-order valence-electron chi connectivity index (χ3n) is 2.82. The molecule has 0 atom stereocenters. The summed E-state index contributed by atoms with van der Waals surface area (Å²) in [5, 5.41) is 3.68. The summed E-state index contributed by atoms with van der Waals surface area (Å²) in [6.45, 7) is 0. The van der Waals surface area contributed by atoms with Crippen LogP contribution in [-0.2, 0) is 0 Å². The van der Waals surface area contributed by atoms with Crippen molar-refractivity contribution in [2.24, 2.45) is 0 Å². The van der Waals surface area contributed by atoms with E-state index in [1.165, 1.54) is 0 Å². The highest BCUT2D eigenvalue weighted by molar-refractivity contribution is 9.10. The molecule has 0 aliphatic carbocycles. The van der Waals surface area contributed by atoms with Crippen LogP contribution in [0.3, 0.4) is 0 Å². The Balaban J connectivity index is 1.95. The number of amides is 1. The van der Waals surface area contributed by atoms with Crippen molar-refractivity contribution in [3.63, 3.8) is 0 Å². The number of para-hydroxylation sites is 1. The minimum Gasteiger partial charge on any atom is -0.360 e. The molecule has 0 radical (unpaired) electrons. The maximum Gasteiger partial charge on any atom is 0.259 e. The summed E-state index contributed by atoms with van der Waals surface area (Å²) < 4.78 is 0.753. The third-order valence-corrected chi connectivity index (χ3v) is 3.46. The van der Waals surface area contributed by atoms with Gasteiger partial charge >= 0.3 is 0 Å². The van der Waals surface area contributed by atoms with Crippen molar-refractivity contribution in [3.8, 4) is 0 Å². The number of benzene rings is 1. The first-order valence-corrected chi connectivity index (χ1v) is 6.53. The number of anilines is 1. The van der Waals surface area contributed by atoms with Crippen molar-refractivity contribution in [2.75, 3.05) is 5.32 Å². The number of hydrogen-bond acceptors (Lipinski definition) is 2. The fourth-order valence-corrected chi connectivity index (χ4v) is 2.27. The largest absolute Gasteiger partial charge is 0.360 e. The number of H-pyrrole nitrogens is 1. The predicted octanol–water partition coefficient (Wildman–Crippen LogP) is 3.58. The molecule has 3 rings (SSSR count). The van der Waals surface area contributed by atoms with Gasteiger partial charge in [-0.15, -0.1) is 0 Å². The molecule has 0 saturated heterocycles. The summed E-state index contributed by atoms with van der Waals surface area (Å²) in [5.74, 6) is 0.328. The summed E-state index contributed by atoms with van der Waals surface area (Å²) in [7, 11) is 0. The van der Waals surface area contributed by atoms with Gasteiger partial charge in [-0.25, -0.2) is 4.98 Å². The Morgan fingerprint density at radius 3 is 2.89 bits per heavy atom. The molecule has 94 valence electrons. The van der Waals surface area contributed by atoms with Gasteiger partial charge in [-0.3, -0.25) is 4.79 Å². The SMILES string of the molecule is O=C(Nc1ncccc1Br)c1c[nH]c2ccccc12. The summed E-state index contributed by atoms with van der Waals surface area (Å²) in [4.78, 5) is 19.4. The van der Waals surface area contributed by atoms with Crippen molar-refractivity contribution in [1.82, 2.24) is 9.97 Å². The monoisotopic (exact) mass is 315 g/mol. The fraction of sp³-hybridized carbons (Fsp3) is 0. The van der Waals surface area contributed by atoms with Gasteiger partial charge in [0, 0.05) is 23.3 Å². The minimum absolute atomic E-state index is 0.183. The molecule has 2 N–H and O–H groups in total. The number of carbonyl (C=O) groups excluding carboxylic acids is 1. The topological polar surface area (TPSA) is 57.8 Å². The molecule has 2 heterocycles. The number of halogens is 1. The summed E-state index contributed by atoms with van der Waals surface area (Å²) in [5.41, 5.74) is 1.54. The lowest BCUT2D eigenvalue weighted by atomic mass is 10.1. The number of pyridine rings is 1. The number of fused-ring (bicyclic) bond motifs is 1. The lowest BCUT2D eigenvalue weighted by Crippen LogP contribution is -2.12. The van der Waals surface area contributed by atoms with Gasteiger partial charge in [0.1, 0.15) is 5.82 Å². The highest BCUT2D eigenvalue weighted by atomic mass is 79.9. The summed E-state index contributed by atoms with van der Waals surface area (Å²) in [6.07, 6.45) is 3.34. The van der Waals surface area contributed by atoms with Crippen LogP contribution in [0.5, 0.6) is 0 Å². The van der Waals surface area contributed by atoms with Crippen molar-refractivity contribution < 1.29 is 4.79 Å². The standard InChI is InChI=1S/C14H10BrN3O/c15-11-5-3-7-16-13(11)18-14(19)10-8-17-12-6-2-1-4-9(10)12/h1-8,17H,(H,16,18,19). The Kier molecular flexibility index (Phi) is 3.05. The molecule has 19 heavy (non-hydrogen) atoms. The zero-order valence-electron chi connectivity index (χ0n) is 9.85. The van der Waals surface area contributed by atoms with Gasteiger partial charge < -0.3 is 10.3 Å². The second-order valence-electron chi connectivity index (χ2n) is 4.04. The van der Waals surface area contributed by atoms with Crippen LogP contribution in [0.1, 0.15) is 10.4 Å². The molecule has 2 aromatic heterocycles. The molecule has 1 amide bonds. The molecule has 0 bridgehead atoms. The van der Waals surface area contributed by atoms with Crippen LogP contribution in [0.15, 0.2) is 53.3 Å². The molecule has 0 unspecified atom stereocenters. The van der Waals surface area contributed by atoms with Gasteiger partial charge in [-0.1, -0.05) is 18.2 Å². The zero-order valence-corrected chi connectivity index (χ0v) is 11.4. The molecule has 0 aliphatic heterocycles. The van der Waals surface area contributed by atoms with Crippen LogP contribution in [0.4, 0.5) is 5.82 Å². The van der Waals surface area contributed by atoms with Crippen molar-refractivity contribution in [3.05, 3.63) is 58.8 Å². The first kappa shape index (κ1) is 11.9. The first-order valence-electron chi connectivity index (χ1n) is 5.73. The molecule has 0 spiro atoms. The van der Waals surface area contributed by atoms with Crippen molar-refractivity contribution >= 4 is 38.6 Å². The number of carbonyl (C=O) groups is 1. The molecule has 5 heteroatoms. The Bertz CT molecular complexity index is 751. The summed E-state index contributed by atoms with van der Waals surface area (Å²) >= 11 is 3.35. The number of nitrogens with one attached hydrogen (secondary N) is 2. The van der Waals surface area contributed by atoms with Crippen LogP contribution in [0, 0.1) is 0 Å². The van der Waals surface area contributed by atoms with Gasteiger partial charge in [0.05, 0.1) is 10.0 Å².